The molecule has 2 aromatic rings. The number of carbonyl (C=O) groups excluding carboxylic acids is 2. The Labute approximate surface area is 243 Å². The van der Waals surface area contributed by atoms with E-state index in [0.29, 0.717) is 31.7 Å². The number of hydrogen-bond acceptors (Lipinski definition) is 6. The molecule has 0 spiro atoms. The highest BCUT2D eigenvalue weighted by molar-refractivity contribution is 6.12. The van der Waals surface area contributed by atoms with Crippen LogP contribution in [0, 0.1) is 33.7 Å². The fourth-order valence-electron chi connectivity index (χ4n) is 5.94. The third-order valence-electron chi connectivity index (χ3n) is 8.24. The first-order valence-electron chi connectivity index (χ1n) is 14.0. The summed E-state index contributed by atoms with van der Waals surface area (Å²) in [7, 11) is 0. The monoisotopic (exact) mass is 580 g/mol. The maximum atomic E-state index is 14.4. The third-order valence-corrected chi connectivity index (χ3v) is 8.24. The highest BCUT2D eigenvalue weighted by Gasteiger charge is 2.43. The number of amides is 2. The fourth-order valence-corrected chi connectivity index (χ4v) is 5.94. The lowest BCUT2D eigenvalue weighted by Crippen LogP contribution is -2.60. The molecular formula is C31H35F3N6O2. The first kappa shape index (κ1) is 29.7. The van der Waals surface area contributed by atoms with Gasteiger partial charge in [-0.1, -0.05) is 32.0 Å². The van der Waals surface area contributed by atoms with Crippen LogP contribution in [0.25, 0.3) is 0 Å². The predicted molar refractivity (Wildman–Crippen MR) is 153 cm³/mol. The number of hydrogen-bond donors (Lipinski definition) is 3. The second-order valence-corrected chi connectivity index (χ2v) is 12.1. The van der Waals surface area contributed by atoms with Crippen LogP contribution in [0.4, 0.5) is 13.2 Å². The molecule has 0 aromatic heterocycles. The maximum absolute atomic E-state index is 14.4. The number of carbonyl (C=O) groups is 2. The van der Waals surface area contributed by atoms with Crippen LogP contribution in [-0.2, 0) is 17.8 Å². The highest BCUT2D eigenvalue weighted by Crippen LogP contribution is 2.34. The molecule has 3 heterocycles. The van der Waals surface area contributed by atoms with Crippen molar-refractivity contribution in [1.29, 1.82) is 10.8 Å². The Morgan fingerprint density at radius 2 is 1.93 bits per heavy atom. The topological polar surface area (TPSA) is 104 Å². The minimum atomic E-state index is -0.755. The summed E-state index contributed by atoms with van der Waals surface area (Å²) in [6.45, 7) is 7.70. The molecule has 5 rings (SSSR count). The molecule has 2 aromatic carbocycles. The molecule has 222 valence electrons. The van der Waals surface area contributed by atoms with E-state index in [1.807, 2.05) is 25.7 Å². The van der Waals surface area contributed by atoms with Gasteiger partial charge in [-0.3, -0.25) is 14.5 Å². The number of halogens is 3. The van der Waals surface area contributed by atoms with Crippen molar-refractivity contribution in [2.75, 3.05) is 32.7 Å². The molecule has 2 atom stereocenters. The standard InChI is InChI=1S/C31H35F3N6O2/c1-18-13-38(23(12-37-18)15-39-14-20-5-4-6-24(33)28(20)30(39)42)16-27(41)40-17-31(2,3)29(36)26(40)11-22(35)9-19-7-8-21(32)10-25(19)34/h4-8,10-11,18,23,35-37H,9,12-17H2,1-3H3/b26-11+,35-22?,36-29?/t18-,23-/m1/s1. The molecule has 42 heavy (non-hydrogen) atoms. The van der Waals surface area contributed by atoms with Crippen LogP contribution in [0.5, 0.6) is 0 Å². The zero-order valence-electron chi connectivity index (χ0n) is 23.9. The molecule has 3 aliphatic rings. The first-order valence-corrected chi connectivity index (χ1v) is 14.0. The van der Waals surface area contributed by atoms with Crippen molar-refractivity contribution < 1.29 is 22.8 Å². The Bertz CT molecular complexity index is 1490. The summed E-state index contributed by atoms with van der Waals surface area (Å²) in [6, 6.07) is 7.70. The van der Waals surface area contributed by atoms with Crippen molar-refractivity contribution in [2.24, 2.45) is 5.41 Å². The average Bonchev–Trinajstić information content (AvgIpc) is 3.35. The van der Waals surface area contributed by atoms with Gasteiger partial charge in [0.2, 0.25) is 5.91 Å². The van der Waals surface area contributed by atoms with Gasteiger partial charge < -0.3 is 25.9 Å². The fraction of sp³-hybridized carbons (Fsp3) is 0.419. The molecule has 2 fully saturated rings. The van der Waals surface area contributed by atoms with Gasteiger partial charge in [-0.25, -0.2) is 13.2 Å². The lowest BCUT2D eigenvalue weighted by Gasteiger charge is -2.41. The zero-order chi connectivity index (χ0) is 30.3. The van der Waals surface area contributed by atoms with E-state index < -0.39 is 22.9 Å². The van der Waals surface area contributed by atoms with E-state index >= 15 is 0 Å². The molecule has 3 aliphatic heterocycles. The van der Waals surface area contributed by atoms with E-state index in [4.69, 9.17) is 10.8 Å². The van der Waals surface area contributed by atoms with Gasteiger partial charge in [0.1, 0.15) is 17.5 Å². The Balaban J connectivity index is 1.32. The van der Waals surface area contributed by atoms with Crippen LogP contribution < -0.4 is 5.32 Å². The van der Waals surface area contributed by atoms with Crippen LogP contribution in [0.1, 0.15) is 42.3 Å². The van der Waals surface area contributed by atoms with Crippen LogP contribution in [0.2, 0.25) is 0 Å². The van der Waals surface area contributed by atoms with Gasteiger partial charge in [-0.2, -0.15) is 0 Å². The van der Waals surface area contributed by atoms with Gasteiger partial charge in [-0.15, -0.1) is 0 Å². The number of nitrogens with one attached hydrogen (secondary N) is 3. The van der Waals surface area contributed by atoms with Crippen LogP contribution in [-0.4, -0.2) is 82.7 Å². The number of benzene rings is 2. The van der Waals surface area contributed by atoms with E-state index in [9.17, 15) is 22.8 Å². The molecule has 2 saturated heterocycles. The normalized spacial score (nSPS) is 23.1. The summed E-state index contributed by atoms with van der Waals surface area (Å²) >= 11 is 0. The molecule has 0 bridgehead atoms. The quantitative estimate of drug-likeness (QED) is 0.434. The lowest BCUT2D eigenvalue weighted by molar-refractivity contribution is -0.131. The molecule has 3 N–H and O–H groups in total. The van der Waals surface area contributed by atoms with Gasteiger partial charge in [0.15, 0.2) is 0 Å². The molecule has 2 amide bonds. The number of likely N-dealkylation sites (tertiary alicyclic amines) is 1. The van der Waals surface area contributed by atoms with Crippen LogP contribution >= 0.6 is 0 Å². The van der Waals surface area contributed by atoms with Crippen molar-refractivity contribution in [2.45, 2.75) is 45.8 Å². The Morgan fingerprint density at radius 1 is 1.17 bits per heavy atom. The molecule has 0 unspecified atom stereocenters. The maximum Gasteiger partial charge on any atom is 0.257 e. The van der Waals surface area contributed by atoms with Crippen LogP contribution in [0.15, 0.2) is 48.2 Å². The third kappa shape index (κ3) is 5.89. The minimum Gasteiger partial charge on any atom is -0.333 e. The summed E-state index contributed by atoms with van der Waals surface area (Å²) in [5.41, 5.74) is 0.727. The first-order chi connectivity index (χ1) is 19.8. The molecular weight excluding hydrogens is 545 g/mol. The summed E-state index contributed by atoms with van der Waals surface area (Å²) in [5.74, 6) is -2.60. The second-order valence-electron chi connectivity index (χ2n) is 12.1. The van der Waals surface area contributed by atoms with Crippen molar-refractivity contribution in [3.63, 3.8) is 0 Å². The van der Waals surface area contributed by atoms with Crippen molar-refractivity contribution in [1.82, 2.24) is 20.0 Å². The minimum absolute atomic E-state index is 0.0104. The van der Waals surface area contributed by atoms with E-state index in [0.717, 1.165) is 12.1 Å². The smallest absolute Gasteiger partial charge is 0.257 e. The van der Waals surface area contributed by atoms with Crippen molar-refractivity contribution in [3.8, 4) is 0 Å². The molecule has 0 saturated carbocycles. The predicted octanol–water partition coefficient (Wildman–Crippen LogP) is 3.76. The molecule has 0 aliphatic carbocycles. The Hall–Kier alpha value is -3.83. The van der Waals surface area contributed by atoms with Gasteiger partial charge in [0.05, 0.1) is 23.5 Å². The van der Waals surface area contributed by atoms with Gasteiger partial charge in [0.25, 0.3) is 5.91 Å². The summed E-state index contributed by atoms with van der Waals surface area (Å²) in [6.07, 6.45) is 1.31. The number of piperazine rings is 1. The SMILES string of the molecule is C[C@@H]1CN(CC(=O)N2CC(C)(C)C(=N)/C2=C\C(=N)Cc2ccc(F)cc2F)[C@@H](CN2Cc3cccc(F)c3C2=O)CN1. The summed E-state index contributed by atoms with van der Waals surface area (Å²) in [5, 5.41) is 20.6. The van der Waals surface area contributed by atoms with E-state index in [1.54, 1.807) is 17.0 Å². The van der Waals surface area contributed by atoms with E-state index in [-0.39, 0.29) is 71.7 Å². The van der Waals surface area contributed by atoms with Crippen molar-refractivity contribution >= 4 is 23.2 Å². The number of fused-ring (bicyclic) bond motifs is 1. The largest absolute Gasteiger partial charge is 0.333 e. The van der Waals surface area contributed by atoms with E-state index in [1.165, 1.54) is 23.1 Å². The number of rotatable bonds is 7. The number of allylic oxidation sites excluding steroid dienone is 2. The van der Waals surface area contributed by atoms with Crippen molar-refractivity contribution in [3.05, 3.63) is 82.3 Å². The van der Waals surface area contributed by atoms with Gasteiger partial charge in [0, 0.05) is 68.4 Å². The van der Waals surface area contributed by atoms with E-state index in [2.05, 4.69) is 5.32 Å². The average molecular weight is 581 g/mol. The van der Waals surface area contributed by atoms with Gasteiger partial charge >= 0.3 is 0 Å². The highest BCUT2D eigenvalue weighted by atomic mass is 19.1. The molecule has 11 heteroatoms. The molecule has 0 radical (unpaired) electrons. The summed E-state index contributed by atoms with van der Waals surface area (Å²) < 4.78 is 41.9. The Kier molecular flexibility index (Phi) is 8.08. The zero-order valence-corrected chi connectivity index (χ0v) is 23.9. The summed E-state index contributed by atoms with van der Waals surface area (Å²) in [4.78, 5) is 31.9. The Morgan fingerprint density at radius 3 is 2.64 bits per heavy atom. The number of nitrogens with zero attached hydrogens (tertiary/aromatic N) is 3. The second kappa shape index (κ2) is 11.4. The van der Waals surface area contributed by atoms with Crippen LogP contribution in [0.3, 0.4) is 0 Å². The van der Waals surface area contributed by atoms with Gasteiger partial charge in [-0.05, 0) is 36.3 Å². The molecule has 8 nitrogen and oxygen atoms in total. The lowest BCUT2D eigenvalue weighted by atomic mass is 9.89.